The van der Waals surface area contributed by atoms with Crippen molar-refractivity contribution in [1.29, 1.82) is 0 Å². The number of rotatable bonds is 2. The SMILES string of the molecule is C=C(C)[C@@H]1CC[C@]1(C)CI. The molecular formula is C9H15I. The fourth-order valence-electron chi connectivity index (χ4n) is 1.78. The highest BCUT2D eigenvalue weighted by Crippen LogP contribution is 2.50. The highest BCUT2D eigenvalue weighted by molar-refractivity contribution is 14.1. The zero-order valence-electron chi connectivity index (χ0n) is 6.78. The van der Waals surface area contributed by atoms with Gasteiger partial charge in [0, 0.05) is 4.43 Å². The van der Waals surface area contributed by atoms with Gasteiger partial charge in [-0.2, -0.15) is 0 Å². The summed E-state index contributed by atoms with van der Waals surface area (Å²) in [5.41, 5.74) is 1.97. The first kappa shape index (κ1) is 8.57. The molecule has 0 radical (unpaired) electrons. The van der Waals surface area contributed by atoms with Crippen LogP contribution in [0, 0.1) is 11.3 Å². The van der Waals surface area contributed by atoms with Gasteiger partial charge in [-0.15, -0.1) is 0 Å². The van der Waals surface area contributed by atoms with Crippen molar-refractivity contribution in [2.75, 3.05) is 4.43 Å². The molecule has 0 aromatic heterocycles. The molecule has 1 rings (SSSR count). The van der Waals surface area contributed by atoms with Crippen LogP contribution in [0.25, 0.3) is 0 Å². The molecule has 1 aliphatic rings. The maximum atomic E-state index is 4.02. The predicted molar refractivity (Wildman–Crippen MR) is 54.5 cm³/mol. The van der Waals surface area contributed by atoms with E-state index in [4.69, 9.17) is 0 Å². The van der Waals surface area contributed by atoms with Crippen molar-refractivity contribution in [3.8, 4) is 0 Å². The van der Waals surface area contributed by atoms with Crippen molar-refractivity contribution in [1.82, 2.24) is 0 Å². The summed E-state index contributed by atoms with van der Waals surface area (Å²) in [6, 6.07) is 0. The molecule has 0 unspecified atom stereocenters. The van der Waals surface area contributed by atoms with E-state index >= 15 is 0 Å². The van der Waals surface area contributed by atoms with E-state index in [2.05, 4.69) is 43.0 Å². The van der Waals surface area contributed by atoms with E-state index in [0.29, 0.717) is 5.41 Å². The van der Waals surface area contributed by atoms with Gasteiger partial charge in [0.1, 0.15) is 0 Å². The summed E-state index contributed by atoms with van der Waals surface area (Å²) >= 11 is 2.49. The van der Waals surface area contributed by atoms with E-state index in [-0.39, 0.29) is 0 Å². The van der Waals surface area contributed by atoms with Crippen LogP contribution in [0.15, 0.2) is 12.2 Å². The number of allylic oxidation sites excluding steroid dienone is 1. The van der Waals surface area contributed by atoms with Gasteiger partial charge in [-0.25, -0.2) is 0 Å². The molecule has 0 amide bonds. The summed E-state index contributed by atoms with van der Waals surface area (Å²) in [5.74, 6) is 0.810. The molecule has 0 N–H and O–H groups in total. The van der Waals surface area contributed by atoms with E-state index in [9.17, 15) is 0 Å². The quantitative estimate of drug-likeness (QED) is 0.400. The van der Waals surface area contributed by atoms with Crippen molar-refractivity contribution >= 4 is 22.6 Å². The lowest BCUT2D eigenvalue weighted by Gasteiger charge is -2.46. The first-order valence-corrected chi connectivity index (χ1v) is 5.34. The molecule has 0 aromatic carbocycles. The Kier molecular flexibility index (Phi) is 2.43. The third-order valence-corrected chi connectivity index (χ3v) is 4.49. The third-order valence-electron chi connectivity index (χ3n) is 2.75. The van der Waals surface area contributed by atoms with Crippen molar-refractivity contribution in [3.05, 3.63) is 12.2 Å². The van der Waals surface area contributed by atoms with Crippen molar-refractivity contribution in [2.24, 2.45) is 11.3 Å². The second-order valence-corrected chi connectivity index (χ2v) is 4.49. The van der Waals surface area contributed by atoms with E-state index in [1.54, 1.807) is 0 Å². The maximum Gasteiger partial charge on any atom is 0.00550 e. The Hall–Kier alpha value is 0.470. The van der Waals surface area contributed by atoms with Gasteiger partial charge in [-0.1, -0.05) is 41.7 Å². The van der Waals surface area contributed by atoms with Gasteiger partial charge < -0.3 is 0 Å². The molecule has 58 valence electrons. The highest BCUT2D eigenvalue weighted by atomic mass is 127. The van der Waals surface area contributed by atoms with Crippen LogP contribution in [0.2, 0.25) is 0 Å². The maximum absolute atomic E-state index is 4.02. The molecule has 10 heavy (non-hydrogen) atoms. The summed E-state index contributed by atoms with van der Waals surface area (Å²) in [4.78, 5) is 0. The van der Waals surface area contributed by atoms with Gasteiger partial charge in [0.25, 0.3) is 0 Å². The molecule has 1 fully saturated rings. The first-order chi connectivity index (χ1) is 4.60. The molecule has 0 aromatic rings. The minimum Gasteiger partial charge on any atom is -0.0998 e. The Morgan fingerprint density at radius 1 is 1.80 bits per heavy atom. The predicted octanol–water partition coefficient (Wildman–Crippen LogP) is 3.41. The molecule has 2 atom stereocenters. The molecule has 1 saturated carbocycles. The fourth-order valence-corrected chi connectivity index (χ4v) is 2.70. The van der Waals surface area contributed by atoms with E-state index in [0.717, 1.165) is 5.92 Å². The zero-order chi connectivity index (χ0) is 7.78. The van der Waals surface area contributed by atoms with Gasteiger partial charge in [-0.3, -0.25) is 0 Å². The Labute approximate surface area is 77.2 Å². The largest absolute Gasteiger partial charge is 0.0998 e. The van der Waals surface area contributed by atoms with Gasteiger partial charge in [0.05, 0.1) is 0 Å². The van der Waals surface area contributed by atoms with Gasteiger partial charge >= 0.3 is 0 Å². The van der Waals surface area contributed by atoms with Crippen LogP contribution in [0.5, 0.6) is 0 Å². The Balaban J connectivity index is 2.57. The minimum absolute atomic E-state index is 0.590. The lowest BCUT2D eigenvalue weighted by atomic mass is 9.60. The van der Waals surface area contributed by atoms with Gasteiger partial charge in [-0.05, 0) is 31.1 Å². The Morgan fingerprint density at radius 2 is 2.40 bits per heavy atom. The fraction of sp³-hybridized carbons (Fsp3) is 0.778. The van der Waals surface area contributed by atoms with Crippen LogP contribution in [-0.4, -0.2) is 4.43 Å². The molecule has 0 spiro atoms. The molecule has 0 nitrogen and oxygen atoms in total. The normalized spacial score (nSPS) is 38.9. The summed E-state index contributed by atoms with van der Waals surface area (Å²) in [5, 5.41) is 0. The molecule has 0 heterocycles. The standard InChI is InChI=1S/C9H15I/c1-7(2)8-4-5-9(8,3)6-10/h8H,1,4-6H2,2-3H3/t8-,9+/m0/s1. The summed E-state index contributed by atoms with van der Waals surface area (Å²) < 4.78 is 1.28. The number of hydrogen-bond donors (Lipinski definition) is 0. The number of alkyl halides is 1. The molecule has 0 bridgehead atoms. The Bertz CT molecular complexity index is 147. The van der Waals surface area contributed by atoms with Crippen molar-refractivity contribution in [2.45, 2.75) is 26.7 Å². The van der Waals surface area contributed by atoms with Crippen LogP contribution in [-0.2, 0) is 0 Å². The van der Waals surface area contributed by atoms with Crippen LogP contribution in [0.4, 0.5) is 0 Å². The number of hydrogen-bond acceptors (Lipinski definition) is 0. The number of halogens is 1. The highest BCUT2D eigenvalue weighted by Gasteiger charge is 2.41. The zero-order valence-corrected chi connectivity index (χ0v) is 8.94. The van der Waals surface area contributed by atoms with E-state index < -0.39 is 0 Å². The average Bonchev–Trinajstić information content (AvgIpc) is 1.83. The smallest absolute Gasteiger partial charge is 0.00550 e. The Morgan fingerprint density at radius 3 is 2.50 bits per heavy atom. The summed E-state index contributed by atoms with van der Waals surface area (Å²) in [6.07, 6.45) is 2.77. The minimum atomic E-state index is 0.590. The second-order valence-electron chi connectivity index (χ2n) is 3.73. The van der Waals surface area contributed by atoms with Gasteiger partial charge in [0.2, 0.25) is 0 Å². The second kappa shape index (κ2) is 2.84. The van der Waals surface area contributed by atoms with Crippen LogP contribution in [0.1, 0.15) is 26.7 Å². The summed E-state index contributed by atoms with van der Waals surface area (Å²) in [6.45, 7) is 8.56. The molecule has 1 heteroatoms. The lowest BCUT2D eigenvalue weighted by Crippen LogP contribution is -2.39. The third kappa shape index (κ3) is 1.25. The van der Waals surface area contributed by atoms with E-state index in [1.807, 2.05) is 0 Å². The van der Waals surface area contributed by atoms with Gasteiger partial charge in [0.15, 0.2) is 0 Å². The average molecular weight is 250 g/mol. The monoisotopic (exact) mass is 250 g/mol. The first-order valence-electron chi connectivity index (χ1n) is 3.81. The van der Waals surface area contributed by atoms with E-state index in [1.165, 1.54) is 22.8 Å². The van der Waals surface area contributed by atoms with Crippen LogP contribution >= 0.6 is 22.6 Å². The molecule has 1 aliphatic carbocycles. The topological polar surface area (TPSA) is 0 Å². The van der Waals surface area contributed by atoms with Crippen LogP contribution in [0.3, 0.4) is 0 Å². The lowest BCUT2D eigenvalue weighted by molar-refractivity contribution is 0.114. The summed E-state index contributed by atoms with van der Waals surface area (Å²) in [7, 11) is 0. The molecule has 0 saturated heterocycles. The van der Waals surface area contributed by atoms with Crippen molar-refractivity contribution in [3.63, 3.8) is 0 Å². The molecule has 0 aliphatic heterocycles. The molecular weight excluding hydrogens is 235 g/mol. The van der Waals surface area contributed by atoms with Crippen molar-refractivity contribution < 1.29 is 0 Å². The van der Waals surface area contributed by atoms with Crippen LogP contribution < -0.4 is 0 Å².